The molecule has 0 spiro atoms. The second-order valence-corrected chi connectivity index (χ2v) is 4.49. The van der Waals surface area contributed by atoms with E-state index in [1.807, 2.05) is 0 Å². The van der Waals surface area contributed by atoms with Crippen LogP contribution < -0.4 is 5.73 Å². The Morgan fingerprint density at radius 2 is 2.00 bits per heavy atom. The van der Waals surface area contributed by atoms with Gasteiger partial charge in [0, 0.05) is 19.5 Å². The Morgan fingerprint density at radius 1 is 1.43 bits per heavy atom. The van der Waals surface area contributed by atoms with E-state index in [0.717, 1.165) is 4.90 Å². The molecule has 0 saturated heterocycles. The second kappa shape index (κ2) is 6.33. The number of amides is 1. The summed E-state index contributed by atoms with van der Waals surface area (Å²) in [5.41, 5.74) is 4.52. The lowest BCUT2D eigenvalue weighted by Crippen LogP contribution is -2.36. The van der Waals surface area contributed by atoms with Crippen LogP contribution in [0, 0.1) is 23.4 Å². The zero-order valence-electron chi connectivity index (χ0n) is 11.3. The van der Waals surface area contributed by atoms with Crippen molar-refractivity contribution in [2.75, 3.05) is 13.6 Å². The van der Waals surface area contributed by atoms with E-state index in [9.17, 15) is 18.0 Å². The fourth-order valence-electron chi connectivity index (χ4n) is 1.64. The number of carbonyl (C=O) groups excluding carboxylic acids is 1. The van der Waals surface area contributed by atoms with Crippen molar-refractivity contribution in [3.05, 3.63) is 29.1 Å². The number of carbonyl (C=O) groups is 1. The zero-order valence-corrected chi connectivity index (χ0v) is 11.3. The van der Waals surface area contributed by atoms with Gasteiger partial charge < -0.3 is 20.9 Å². The summed E-state index contributed by atoms with van der Waals surface area (Å²) < 4.78 is 39.7. The lowest BCUT2D eigenvalue weighted by molar-refractivity contribution is 0.0779. The Kier molecular flexibility index (Phi) is 5.01. The molecule has 4 N–H and O–H groups in total. The number of oxime groups is 1. The number of phenols is 1. The number of halogens is 3. The number of benzene rings is 1. The van der Waals surface area contributed by atoms with Gasteiger partial charge in [-0.2, -0.15) is 4.39 Å². The molecule has 0 aliphatic heterocycles. The first kappa shape index (κ1) is 16.6. The highest BCUT2D eigenvalue weighted by atomic mass is 19.2. The van der Waals surface area contributed by atoms with Crippen LogP contribution in [0.1, 0.15) is 17.3 Å². The van der Waals surface area contributed by atoms with Crippen molar-refractivity contribution in [3.8, 4) is 5.75 Å². The standard InChI is InChI=1S/C12H14F3N3O3/c1-5(11(16)17-21)4-18(2)12(20)6-3-7(13)9(15)10(19)8(6)14/h3,5,19,21H,4H2,1-2H3,(H2,16,17). The summed E-state index contributed by atoms with van der Waals surface area (Å²) in [7, 11) is 1.27. The summed E-state index contributed by atoms with van der Waals surface area (Å²) in [6, 6.07) is 0.359. The van der Waals surface area contributed by atoms with Gasteiger partial charge in [0.15, 0.2) is 17.4 Å². The van der Waals surface area contributed by atoms with E-state index in [1.165, 1.54) is 14.0 Å². The van der Waals surface area contributed by atoms with E-state index >= 15 is 0 Å². The molecule has 1 atom stereocenters. The minimum Gasteiger partial charge on any atom is -0.503 e. The largest absolute Gasteiger partial charge is 0.503 e. The molecule has 21 heavy (non-hydrogen) atoms. The van der Waals surface area contributed by atoms with Gasteiger partial charge in [-0.1, -0.05) is 12.1 Å². The van der Waals surface area contributed by atoms with E-state index < -0.39 is 40.6 Å². The van der Waals surface area contributed by atoms with Crippen LogP contribution >= 0.6 is 0 Å². The Labute approximate surface area is 118 Å². The van der Waals surface area contributed by atoms with Crippen LogP contribution in [0.3, 0.4) is 0 Å². The summed E-state index contributed by atoms with van der Waals surface area (Å²) in [5, 5.41) is 20.3. The van der Waals surface area contributed by atoms with Gasteiger partial charge in [-0.15, -0.1) is 0 Å². The topological polar surface area (TPSA) is 99.2 Å². The van der Waals surface area contributed by atoms with E-state index in [-0.39, 0.29) is 12.4 Å². The summed E-state index contributed by atoms with van der Waals surface area (Å²) in [6.45, 7) is 1.48. The quantitative estimate of drug-likeness (QED) is 0.256. The predicted molar refractivity (Wildman–Crippen MR) is 67.5 cm³/mol. The average molecular weight is 305 g/mol. The van der Waals surface area contributed by atoms with Gasteiger partial charge in [0.05, 0.1) is 5.56 Å². The minimum absolute atomic E-state index is 0.0616. The van der Waals surface area contributed by atoms with Crippen LogP contribution in [0.2, 0.25) is 0 Å². The van der Waals surface area contributed by atoms with Crippen molar-refractivity contribution in [1.29, 1.82) is 0 Å². The Bertz CT molecular complexity index is 593. The number of hydrogen-bond donors (Lipinski definition) is 3. The van der Waals surface area contributed by atoms with Gasteiger partial charge in [-0.3, -0.25) is 4.79 Å². The monoisotopic (exact) mass is 305 g/mol. The summed E-state index contributed by atoms with van der Waals surface area (Å²) in [4.78, 5) is 12.9. The molecule has 1 aromatic carbocycles. The van der Waals surface area contributed by atoms with Crippen molar-refractivity contribution < 1.29 is 28.3 Å². The fraction of sp³-hybridized carbons (Fsp3) is 0.333. The van der Waals surface area contributed by atoms with Gasteiger partial charge in [0.1, 0.15) is 5.84 Å². The first-order chi connectivity index (χ1) is 9.70. The maximum Gasteiger partial charge on any atom is 0.256 e. The van der Waals surface area contributed by atoms with Gasteiger partial charge in [-0.05, 0) is 6.07 Å². The number of phenolic OH excluding ortho intramolecular Hbond substituents is 1. The number of hydrogen-bond acceptors (Lipinski definition) is 4. The van der Waals surface area contributed by atoms with Crippen molar-refractivity contribution in [1.82, 2.24) is 4.90 Å². The van der Waals surface area contributed by atoms with Crippen molar-refractivity contribution >= 4 is 11.7 Å². The van der Waals surface area contributed by atoms with Gasteiger partial charge in [0.25, 0.3) is 5.91 Å². The first-order valence-corrected chi connectivity index (χ1v) is 5.80. The molecule has 0 radical (unpaired) electrons. The Morgan fingerprint density at radius 3 is 2.52 bits per heavy atom. The molecule has 1 rings (SSSR count). The molecule has 6 nitrogen and oxygen atoms in total. The van der Waals surface area contributed by atoms with Crippen molar-refractivity contribution in [2.24, 2.45) is 16.8 Å². The van der Waals surface area contributed by atoms with E-state index in [1.54, 1.807) is 0 Å². The van der Waals surface area contributed by atoms with Crippen molar-refractivity contribution in [2.45, 2.75) is 6.92 Å². The molecule has 0 aromatic heterocycles. The van der Waals surface area contributed by atoms with E-state index in [0.29, 0.717) is 6.07 Å². The van der Waals surface area contributed by atoms with Crippen LogP contribution in [-0.4, -0.2) is 40.5 Å². The maximum absolute atomic E-state index is 13.6. The van der Waals surface area contributed by atoms with Crippen LogP contribution in [0.25, 0.3) is 0 Å². The minimum atomic E-state index is -1.77. The molecular weight excluding hydrogens is 291 g/mol. The van der Waals surface area contributed by atoms with Crippen LogP contribution in [0.4, 0.5) is 13.2 Å². The molecule has 1 aromatic rings. The number of aromatic hydroxyl groups is 1. The van der Waals surface area contributed by atoms with Gasteiger partial charge in [-0.25, -0.2) is 8.78 Å². The summed E-state index contributed by atoms with van der Waals surface area (Å²) >= 11 is 0. The van der Waals surface area contributed by atoms with Gasteiger partial charge >= 0.3 is 0 Å². The predicted octanol–water partition coefficient (Wildman–Crippen LogP) is 1.26. The van der Waals surface area contributed by atoms with Gasteiger partial charge in [0.2, 0.25) is 5.82 Å². The molecule has 0 aliphatic rings. The molecule has 116 valence electrons. The molecule has 1 amide bonds. The lowest BCUT2D eigenvalue weighted by atomic mass is 10.1. The Balaban J connectivity index is 3.04. The molecular formula is C12H14F3N3O3. The van der Waals surface area contributed by atoms with Crippen LogP contribution in [0.15, 0.2) is 11.2 Å². The zero-order chi connectivity index (χ0) is 16.3. The normalized spacial score (nSPS) is 13.1. The molecule has 0 bridgehead atoms. The molecule has 0 aliphatic carbocycles. The number of nitrogens with zero attached hydrogens (tertiary/aromatic N) is 2. The highest BCUT2D eigenvalue weighted by molar-refractivity contribution is 5.95. The third-order valence-electron chi connectivity index (χ3n) is 2.88. The fourth-order valence-corrected chi connectivity index (χ4v) is 1.64. The molecule has 0 saturated carbocycles. The first-order valence-electron chi connectivity index (χ1n) is 5.80. The molecule has 9 heteroatoms. The second-order valence-electron chi connectivity index (χ2n) is 4.49. The average Bonchev–Trinajstić information content (AvgIpc) is 2.46. The Hall–Kier alpha value is -2.45. The van der Waals surface area contributed by atoms with Crippen LogP contribution in [-0.2, 0) is 0 Å². The smallest absolute Gasteiger partial charge is 0.256 e. The third kappa shape index (κ3) is 3.36. The van der Waals surface area contributed by atoms with E-state index in [2.05, 4.69) is 5.16 Å². The number of rotatable bonds is 4. The van der Waals surface area contributed by atoms with Crippen molar-refractivity contribution in [3.63, 3.8) is 0 Å². The number of amidine groups is 1. The maximum atomic E-state index is 13.6. The summed E-state index contributed by atoms with van der Waals surface area (Å²) in [6.07, 6.45) is 0. The highest BCUT2D eigenvalue weighted by Crippen LogP contribution is 2.26. The highest BCUT2D eigenvalue weighted by Gasteiger charge is 2.25. The number of nitrogens with two attached hydrogens (primary N) is 1. The molecule has 1 unspecified atom stereocenters. The molecule has 0 fully saturated rings. The lowest BCUT2D eigenvalue weighted by Gasteiger charge is -2.21. The molecule has 0 heterocycles. The van der Waals surface area contributed by atoms with E-state index in [4.69, 9.17) is 16.0 Å². The summed E-state index contributed by atoms with van der Waals surface area (Å²) in [5.74, 6) is -8.11. The van der Waals surface area contributed by atoms with Crippen LogP contribution in [0.5, 0.6) is 5.75 Å². The SMILES string of the molecule is CC(CN(C)C(=O)c1cc(F)c(F)c(O)c1F)C(N)=NO. The third-order valence-corrected chi connectivity index (χ3v) is 2.88.